The SMILES string of the molecule is CCCCCN(CCCCC)c1ccc2c(c1)Cc1cc(N(CCCCC)CCCCC)ccc1-2. The van der Waals surface area contributed by atoms with Gasteiger partial charge in [-0.2, -0.15) is 0 Å². The molecular formula is C33H52N2. The Morgan fingerprint density at radius 1 is 0.486 bits per heavy atom. The summed E-state index contributed by atoms with van der Waals surface area (Å²) in [7, 11) is 0. The van der Waals surface area contributed by atoms with Crippen LogP contribution in [0.2, 0.25) is 0 Å². The van der Waals surface area contributed by atoms with Crippen molar-refractivity contribution in [3.8, 4) is 11.1 Å². The van der Waals surface area contributed by atoms with E-state index in [0.29, 0.717) is 0 Å². The molecule has 1 aliphatic carbocycles. The Morgan fingerprint density at radius 3 is 1.14 bits per heavy atom. The van der Waals surface area contributed by atoms with E-state index in [9.17, 15) is 0 Å². The van der Waals surface area contributed by atoms with Crippen LogP contribution in [0, 0.1) is 0 Å². The van der Waals surface area contributed by atoms with Crippen LogP contribution < -0.4 is 9.80 Å². The molecule has 0 unspecified atom stereocenters. The summed E-state index contributed by atoms with van der Waals surface area (Å²) < 4.78 is 0. The number of hydrogen-bond acceptors (Lipinski definition) is 2. The van der Waals surface area contributed by atoms with E-state index in [1.807, 2.05) is 0 Å². The van der Waals surface area contributed by atoms with Gasteiger partial charge in [0, 0.05) is 37.6 Å². The van der Waals surface area contributed by atoms with E-state index in [1.54, 1.807) is 0 Å². The van der Waals surface area contributed by atoms with E-state index in [-0.39, 0.29) is 0 Å². The Labute approximate surface area is 217 Å². The fourth-order valence-electron chi connectivity index (χ4n) is 5.53. The van der Waals surface area contributed by atoms with Crippen LogP contribution in [0.1, 0.15) is 116 Å². The van der Waals surface area contributed by atoms with Gasteiger partial charge in [-0.3, -0.25) is 0 Å². The molecule has 194 valence electrons. The zero-order chi connectivity index (χ0) is 24.9. The maximum absolute atomic E-state index is 2.66. The maximum atomic E-state index is 2.66. The highest BCUT2D eigenvalue weighted by Crippen LogP contribution is 2.40. The van der Waals surface area contributed by atoms with Gasteiger partial charge in [-0.1, -0.05) is 91.2 Å². The van der Waals surface area contributed by atoms with Crippen molar-refractivity contribution in [1.29, 1.82) is 0 Å². The number of hydrogen-bond donors (Lipinski definition) is 0. The van der Waals surface area contributed by atoms with Crippen molar-refractivity contribution in [3.63, 3.8) is 0 Å². The largest absolute Gasteiger partial charge is 0.372 e. The summed E-state index contributed by atoms with van der Waals surface area (Å²) in [6, 6.07) is 14.6. The van der Waals surface area contributed by atoms with Crippen LogP contribution in [0.3, 0.4) is 0 Å². The first kappa shape index (κ1) is 27.6. The highest BCUT2D eigenvalue weighted by molar-refractivity contribution is 5.80. The number of anilines is 2. The number of fused-ring (bicyclic) bond motifs is 3. The van der Waals surface area contributed by atoms with E-state index >= 15 is 0 Å². The Morgan fingerprint density at radius 2 is 0.829 bits per heavy atom. The molecule has 0 aliphatic heterocycles. The Kier molecular flexibility index (Phi) is 12.0. The van der Waals surface area contributed by atoms with Gasteiger partial charge in [-0.05, 0) is 78.6 Å². The predicted octanol–water partition coefficient (Wildman–Crippen LogP) is 9.63. The second-order valence-electron chi connectivity index (χ2n) is 10.7. The molecule has 0 saturated carbocycles. The van der Waals surface area contributed by atoms with Crippen molar-refractivity contribution in [2.75, 3.05) is 36.0 Å². The van der Waals surface area contributed by atoms with E-state index in [4.69, 9.17) is 0 Å². The minimum atomic E-state index is 1.09. The van der Waals surface area contributed by atoms with Gasteiger partial charge in [0.15, 0.2) is 0 Å². The van der Waals surface area contributed by atoms with Crippen molar-refractivity contribution >= 4 is 11.4 Å². The van der Waals surface area contributed by atoms with E-state index < -0.39 is 0 Å². The van der Waals surface area contributed by atoms with Gasteiger partial charge in [0.25, 0.3) is 0 Å². The molecule has 35 heavy (non-hydrogen) atoms. The average molecular weight is 477 g/mol. The quantitative estimate of drug-likeness (QED) is 0.169. The molecule has 0 N–H and O–H groups in total. The van der Waals surface area contributed by atoms with E-state index in [0.717, 1.165) is 6.42 Å². The number of benzene rings is 2. The third kappa shape index (κ3) is 8.02. The lowest BCUT2D eigenvalue weighted by molar-refractivity contribution is 0.636. The lowest BCUT2D eigenvalue weighted by Crippen LogP contribution is -2.25. The van der Waals surface area contributed by atoms with Crippen molar-refractivity contribution in [3.05, 3.63) is 47.5 Å². The van der Waals surface area contributed by atoms with Crippen molar-refractivity contribution < 1.29 is 0 Å². The number of unbranched alkanes of at least 4 members (excludes halogenated alkanes) is 8. The Balaban J connectivity index is 1.75. The van der Waals surface area contributed by atoms with Crippen LogP contribution in [0.5, 0.6) is 0 Å². The first-order chi connectivity index (χ1) is 17.2. The molecule has 2 aromatic rings. The lowest BCUT2D eigenvalue weighted by atomic mass is 10.0. The summed E-state index contributed by atoms with van der Waals surface area (Å²) >= 11 is 0. The normalized spacial score (nSPS) is 12.0. The molecule has 2 heteroatoms. The van der Waals surface area contributed by atoms with Gasteiger partial charge in [0.1, 0.15) is 0 Å². The molecule has 0 atom stereocenters. The third-order valence-corrected chi connectivity index (χ3v) is 7.71. The van der Waals surface area contributed by atoms with Crippen LogP contribution in [0.4, 0.5) is 11.4 Å². The van der Waals surface area contributed by atoms with Crippen LogP contribution in [-0.2, 0) is 6.42 Å². The van der Waals surface area contributed by atoms with Crippen LogP contribution in [0.15, 0.2) is 36.4 Å². The lowest BCUT2D eigenvalue weighted by Gasteiger charge is -2.26. The summed E-state index contributed by atoms with van der Waals surface area (Å²) in [6.45, 7) is 14.0. The van der Waals surface area contributed by atoms with E-state index in [1.165, 1.54) is 137 Å². The molecule has 0 heterocycles. The zero-order valence-corrected chi connectivity index (χ0v) is 23.4. The topological polar surface area (TPSA) is 6.48 Å². The summed E-state index contributed by atoms with van der Waals surface area (Å²) in [6.07, 6.45) is 16.8. The van der Waals surface area contributed by atoms with Gasteiger partial charge < -0.3 is 9.80 Å². The van der Waals surface area contributed by atoms with Gasteiger partial charge in [0.05, 0.1) is 0 Å². The average Bonchev–Trinajstić information content (AvgIpc) is 3.24. The standard InChI is InChI=1S/C33H52N2/c1-5-9-13-21-34(22-14-10-6-2)30-17-19-32-28(26-30)25-29-27-31(18-20-33(29)32)35(23-15-11-7-3)24-16-12-8-4/h17-20,26-27H,5-16,21-25H2,1-4H3. The van der Waals surface area contributed by atoms with Gasteiger partial charge in [-0.15, -0.1) is 0 Å². The molecule has 0 amide bonds. The first-order valence-corrected chi connectivity index (χ1v) is 15.0. The molecule has 3 rings (SSSR count). The summed E-state index contributed by atoms with van der Waals surface area (Å²) in [5.41, 5.74) is 8.83. The molecule has 0 radical (unpaired) electrons. The maximum Gasteiger partial charge on any atom is 0.0369 e. The molecule has 1 aliphatic rings. The number of rotatable bonds is 18. The fourth-order valence-corrected chi connectivity index (χ4v) is 5.53. The first-order valence-electron chi connectivity index (χ1n) is 15.0. The molecule has 0 aromatic heterocycles. The van der Waals surface area contributed by atoms with Crippen LogP contribution in [0.25, 0.3) is 11.1 Å². The second-order valence-corrected chi connectivity index (χ2v) is 10.7. The molecule has 0 saturated heterocycles. The van der Waals surface area contributed by atoms with Crippen LogP contribution in [-0.4, -0.2) is 26.2 Å². The Hall–Kier alpha value is -1.96. The molecule has 0 spiro atoms. The predicted molar refractivity (Wildman–Crippen MR) is 157 cm³/mol. The molecule has 0 bridgehead atoms. The van der Waals surface area contributed by atoms with Crippen molar-refractivity contribution in [2.45, 2.75) is 111 Å². The second kappa shape index (κ2) is 15.2. The van der Waals surface area contributed by atoms with Gasteiger partial charge >= 0.3 is 0 Å². The fraction of sp³-hybridized carbons (Fsp3) is 0.636. The minimum absolute atomic E-state index is 1.09. The van der Waals surface area contributed by atoms with Gasteiger partial charge in [-0.25, -0.2) is 0 Å². The smallest absolute Gasteiger partial charge is 0.0369 e. The molecular weight excluding hydrogens is 424 g/mol. The van der Waals surface area contributed by atoms with Crippen molar-refractivity contribution in [1.82, 2.24) is 0 Å². The number of nitrogens with zero attached hydrogens (tertiary/aromatic N) is 2. The molecule has 2 aromatic carbocycles. The third-order valence-electron chi connectivity index (χ3n) is 7.71. The summed E-state index contributed by atoms with van der Waals surface area (Å²) in [5.74, 6) is 0. The summed E-state index contributed by atoms with van der Waals surface area (Å²) in [5, 5.41) is 0. The van der Waals surface area contributed by atoms with Gasteiger partial charge in [0.2, 0.25) is 0 Å². The van der Waals surface area contributed by atoms with E-state index in [2.05, 4.69) is 73.9 Å². The molecule has 2 nitrogen and oxygen atoms in total. The summed E-state index contributed by atoms with van der Waals surface area (Å²) in [4.78, 5) is 5.31. The molecule has 0 fully saturated rings. The zero-order valence-electron chi connectivity index (χ0n) is 23.4. The van der Waals surface area contributed by atoms with Crippen LogP contribution >= 0.6 is 0 Å². The van der Waals surface area contributed by atoms with Crippen molar-refractivity contribution in [2.24, 2.45) is 0 Å². The Bertz CT molecular complexity index is 780. The minimum Gasteiger partial charge on any atom is -0.372 e. The highest BCUT2D eigenvalue weighted by Gasteiger charge is 2.21. The highest BCUT2D eigenvalue weighted by atomic mass is 15.1. The monoisotopic (exact) mass is 476 g/mol.